The first kappa shape index (κ1) is 13.2. The molecule has 1 atom stereocenters. The first-order valence-corrected chi connectivity index (χ1v) is 6.46. The van der Waals surface area contributed by atoms with Crippen LogP contribution in [0.2, 0.25) is 0 Å². The van der Waals surface area contributed by atoms with Gasteiger partial charge in [-0.25, -0.2) is 0 Å². The SMILES string of the molecule is CCC(C)CSC(=S)N(CC)CC. The maximum Gasteiger partial charge on any atom is 0.136 e. The van der Waals surface area contributed by atoms with E-state index < -0.39 is 0 Å². The molecule has 0 fully saturated rings. The molecule has 0 N–H and O–H groups in total. The monoisotopic (exact) mass is 219 g/mol. The molecule has 0 aliphatic heterocycles. The Labute approximate surface area is 92.3 Å². The van der Waals surface area contributed by atoms with Crippen LogP contribution in [-0.4, -0.2) is 28.1 Å². The number of nitrogens with zero attached hydrogens (tertiary/aromatic N) is 1. The Balaban J connectivity index is 3.72. The van der Waals surface area contributed by atoms with Crippen molar-refractivity contribution in [3.63, 3.8) is 0 Å². The van der Waals surface area contributed by atoms with Gasteiger partial charge in [0, 0.05) is 18.8 Å². The third kappa shape index (κ3) is 5.53. The van der Waals surface area contributed by atoms with Gasteiger partial charge in [0.15, 0.2) is 0 Å². The molecule has 0 saturated heterocycles. The minimum Gasteiger partial charge on any atom is -0.358 e. The number of hydrogen-bond donors (Lipinski definition) is 0. The molecule has 0 rings (SSSR count). The maximum absolute atomic E-state index is 5.33. The molecule has 0 aromatic heterocycles. The average Bonchev–Trinajstić information content (AvgIpc) is 2.16. The van der Waals surface area contributed by atoms with E-state index in [1.165, 1.54) is 6.42 Å². The molecule has 0 spiro atoms. The highest BCUT2D eigenvalue weighted by Crippen LogP contribution is 2.15. The van der Waals surface area contributed by atoms with Crippen molar-refractivity contribution in [2.45, 2.75) is 34.1 Å². The van der Waals surface area contributed by atoms with Crippen LogP contribution >= 0.6 is 24.0 Å². The summed E-state index contributed by atoms with van der Waals surface area (Å²) in [6.45, 7) is 10.9. The molecule has 0 saturated carbocycles. The van der Waals surface area contributed by atoms with Gasteiger partial charge in [-0.1, -0.05) is 44.2 Å². The maximum atomic E-state index is 5.33. The summed E-state index contributed by atoms with van der Waals surface area (Å²) in [4.78, 5) is 2.24. The predicted octanol–water partition coefficient (Wildman–Crippen LogP) is 3.39. The molecule has 1 nitrogen and oxygen atoms in total. The molecule has 0 bridgehead atoms. The lowest BCUT2D eigenvalue weighted by Gasteiger charge is -2.21. The molecule has 13 heavy (non-hydrogen) atoms. The second-order valence-corrected chi connectivity index (χ2v) is 4.92. The molecule has 0 radical (unpaired) electrons. The number of hydrogen-bond acceptors (Lipinski definition) is 2. The standard InChI is InChI=1S/C10H21NS2/c1-5-9(4)8-13-10(12)11(6-2)7-3/h9H,5-8H2,1-4H3. The van der Waals surface area contributed by atoms with Crippen LogP contribution in [0.4, 0.5) is 0 Å². The minimum atomic E-state index is 0.776. The highest BCUT2D eigenvalue weighted by molar-refractivity contribution is 8.22. The van der Waals surface area contributed by atoms with Gasteiger partial charge in [-0.3, -0.25) is 0 Å². The van der Waals surface area contributed by atoms with Gasteiger partial charge in [0.1, 0.15) is 4.32 Å². The Bertz CT molecular complexity index is 144. The quantitative estimate of drug-likeness (QED) is 0.653. The second-order valence-electron chi connectivity index (χ2n) is 3.26. The van der Waals surface area contributed by atoms with Crippen molar-refractivity contribution in [2.24, 2.45) is 5.92 Å². The Hall–Kier alpha value is 0.240. The van der Waals surface area contributed by atoms with Crippen LogP contribution < -0.4 is 0 Å². The van der Waals surface area contributed by atoms with Crippen molar-refractivity contribution < 1.29 is 0 Å². The van der Waals surface area contributed by atoms with Crippen LogP contribution in [0.3, 0.4) is 0 Å². The van der Waals surface area contributed by atoms with E-state index in [1.807, 2.05) is 11.8 Å². The van der Waals surface area contributed by atoms with Crippen molar-refractivity contribution in [2.75, 3.05) is 18.8 Å². The van der Waals surface area contributed by atoms with E-state index in [1.54, 1.807) is 0 Å². The van der Waals surface area contributed by atoms with Gasteiger partial charge in [0.2, 0.25) is 0 Å². The lowest BCUT2D eigenvalue weighted by molar-refractivity contribution is 0.482. The van der Waals surface area contributed by atoms with Crippen molar-refractivity contribution in [1.82, 2.24) is 4.90 Å². The predicted molar refractivity (Wildman–Crippen MR) is 67.4 cm³/mol. The number of rotatable bonds is 5. The van der Waals surface area contributed by atoms with Crippen LogP contribution in [0.1, 0.15) is 34.1 Å². The van der Waals surface area contributed by atoms with E-state index >= 15 is 0 Å². The zero-order valence-corrected chi connectivity index (χ0v) is 10.8. The van der Waals surface area contributed by atoms with Crippen molar-refractivity contribution in [1.29, 1.82) is 0 Å². The lowest BCUT2D eigenvalue weighted by atomic mass is 10.2. The Morgan fingerprint density at radius 2 is 1.85 bits per heavy atom. The van der Waals surface area contributed by atoms with E-state index in [2.05, 4.69) is 32.6 Å². The van der Waals surface area contributed by atoms with Crippen LogP contribution in [0.15, 0.2) is 0 Å². The summed E-state index contributed by atoms with van der Waals surface area (Å²) in [5, 5.41) is 0. The van der Waals surface area contributed by atoms with E-state index in [0.29, 0.717) is 0 Å². The third-order valence-electron chi connectivity index (χ3n) is 2.21. The van der Waals surface area contributed by atoms with E-state index in [4.69, 9.17) is 12.2 Å². The van der Waals surface area contributed by atoms with Crippen LogP contribution in [0, 0.1) is 5.92 Å². The summed E-state index contributed by atoms with van der Waals surface area (Å²) in [6, 6.07) is 0. The van der Waals surface area contributed by atoms with Gasteiger partial charge in [0.05, 0.1) is 0 Å². The topological polar surface area (TPSA) is 3.24 Å². The summed E-state index contributed by atoms with van der Waals surface area (Å²) in [6.07, 6.45) is 1.24. The smallest absolute Gasteiger partial charge is 0.136 e. The summed E-state index contributed by atoms with van der Waals surface area (Å²) >= 11 is 7.15. The average molecular weight is 219 g/mol. The molecule has 0 aliphatic rings. The summed E-state index contributed by atoms with van der Waals surface area (Å²) in [7, 11) is 0. The van der Waals surface area contributed by atoms with Crippen molar-refractivity contribution >= 4 is 28.3 Å². The first-order chi connectivity index (χ1) is 6.15. The van der Waals surface area contributed by atoms with E-state index in [0.717, 1.165) is 29.1 Å². The molecule has 0 aromatic rings. The molecule has 0 aliphatic carbocycles. The highest BCUT2D eigenvalue weighted by atomic mass is 32.2. The van der Waals surface area contributed by atoms with Crippen LogP contribution in [0.25, 0.3) is 0 Å². The molecule has 3 heteroatoms. The van der Waals surface area contributed by atoms with Gasteiger partial charge in [-0.15, -0.1) is 0 Å². The number of thioether (sulfide) groups is 1. The van der Waals surface area contributed by atoms with Gasteiger partial charge >= 0.3 is 0 Å². The van der Waals surface area contributed by atoms with E-state index in [-0.39, 0.29) is 0 Å². The Kier molecular flexibility index (Phi) is 7.77. The molecule has 1 unspecified atom stereocenters. The van der Waals surface area contributed by atoms with Crippen molar-refractivity contribution in [3.05, 3.63) is 0 Å². The van der Waals surface area contributed by atoms with Crippen molar-refractivity contribution in [3.8, 4) is 0 Å². The first-order valence-electron chi connectivity index (χ1n) is 5.07. The van der Waals surface area contributed by atoms with Crippen LogP contribution in [0.5, 0.6) is 0 Å². The summed E-state index contributed by atoms with van der Waals surface area (Å²) in [5.74, 6) is 1.93. The molecule has 0 amide bonds. The second kappa shape index (κ2) is 7.63. The van der Waals surface area contributed by atoms with E-state index in [9.17, 15) is 0 Å². The lowest BCUT2D eigenvalue weighted by Crippen LogP contribution is -2.27. The number of thiocarbonyl (C=S) groups is 1. The third-order valence-corrected chi connectivity index (χ3v) is 4.06. The summed E-state index contributed by atoms with van der Waals surface area (Å²) in [5.41, 5.74) is 0. The fourth-order valence-corrected chi connectivity index (χ4v) is 2.47. The normalized spacial score (nSPS) is 12.6. The molecule has 78 valence electrons. The zero-order valence-electron chi connectivity index (χ0n) is 9.17. The van der Waals surface area contributed by atoms with Gasteiger partial charge in [-0.2, -0.15) is 0 Å². The molecule has 0 aromatic carbocycles. The Morgan fingerprint density at radius 1 is 1.31 bits per heavy atom. The highest BCUT2D eigenvalue weighted by Gasteiger charge is 2.07. The summed E-state index contributed by atoms with van der Waals surface area (Å²) < 4.78 is 1.06. The van der Waals surface area contributed by atoms with Gasteiger partial charge in [-0.05, 0) is 19.8 Å². The molecular formula is C10H21NS2. The Morgan fingerprint density at radius 3 is 2.23 bits per heavy atom. The van der Waals surface area contributed by atoms with Gasteiger partial charge in [0.25, 0.3) is 0 Å². The minimum absolute atomic E-state index is 0.776. The molecule has 0 heterocycles. The molecular weight excluding hydrogens is 198 g/mol. The fraction of sp³-hybridized carbons (Fsp3) is 0.900. The zero-order chi connectivity index (χ0) is 10.3. The van der Waals surface area contributed by atoms with Crippen LogP contribution in [-0.2, 0) is 0 Å². The van der Waals surface area contributed by atoms with Gasteiger partial charge < -0.3 is 4.90 Å². The fourth-order valence-electron chi connectivity index (χ4n) is 0.904. The largest absolute Gasteiger partial charge is 0.358 e.